The van der Waals surface area contributed by atoms with E-state index in [0.29, 0.717) is 5.92 Å². The number of rotatable bonds is 1. The molecule has 2 heterocycles. The standard InChI is InChI=1S/C12H24NOP/c1-10-11(2,3)15(14,12(10,4)5)13-8-6-7-9-13/h10H,6-9H2,1-5H3. The Balaban J connectivity index is 2.37. The minimum absolute atomic E-state index is 0.0147. The molecule has 0 aromatic carbocycles. The second-order valence-electron chi connectivity index (χ2n) is 6.27. The Morgan fingerprint density at radius 2 is 1.47 bits per heavy atom. The molecule has 0 radical (unpaired) electrons. The van der Waals surface area contributed by atoms with Crippen molar-refractivity contribution in [1.82, 2.24) is 4.67 Å². The predicted octanol–water partition coefficient (Wildman–Crippen LogP) is 3.57. The van der Waals surface area contributed by atoms with Gasteiger partial charge in [0.15, 0.2) is 7.29 Å². The highest BCUT2D eigenvalue weighted by molar-refractivity contribution is 7.66. The Hall–Kier alpha value is 0.190. The van der Waals surface area contributed by atoms with Crippen molar-refractivity contribution < 1.29 is 4.57 Å². The van der Waals surface area contributed by atoms with Crippen LogP contribution >= 0.6 is 7.29 Å². The van der Waals surface area contributed by atoms with E-state index in [0.717, 1.165) is 13.1 Å². The molecule has 0 aromatic heterocycles. The molecule has 0 N–H and O–H groups in total. The average Bonchev–Trinajstić information content (AvgIpc) is 2.67. The summed E-state index contributed by atoms with van der Waals surface area (Å²) in [4.78, 5) is 0. The van der Waals surface area contributed by atoms with Gasteiger partial charge in [-0.15, -0.1) is 0 Å². The van der Waals surface area contributed by atoms with Gasteiger partial charge in [-0.1, -0.05) is 34.6 Å². The average molecular weight is 229 g/mol. The Kier molecular flexibility index (Phi) is 2.42. The van der Waals surface area contributed by atoms with Crippen molar-refractivity contribution in [1.29, 1.82) is 0 Å². The lowest BCUT2D eigenvalue weighted by atomic mass is 9.83. The van der Waals surface area contributed by atoms with Gasteiger partial charge in [-0.2, -0.15) is 0 Å². The van der Waals surface area contributed by atoms with Crippen LogP contribution in [0.3, 0.4) is 0 Å². The molecule has 0 amide bonds. The van der Waals surface area contributed by atoms with Crippen molar-refractivity contribution in [2.75, 3.05) is 13.1 Å². The van der Waals surface area contributed by atoms with Gasteiger partial charge in [0.1, 0.15) is 0 Å². The molecule has 3 heteroatoms. The van der Waals surface area contributed by atoms with Gasteiger partial charge >= 0.3 is 0 Å². The first kappa shape index (κ1) is 11.7. The summed E-state index contributed by atoms with van der Waals surface area (Å²) in [7, 11) is -2.17. The lowest BCUT2D eigenvalue weighted by Crippen LogP contribution is -2.61. The van der Waals surface area contributed by atoms with Crippen LogP contribution in [0.25, 0.3) is 0 Å². The summed E-state index contributed by atoms with van der Waals surface area (Å²) in [5, 5.41) is 0.0294. The fourth-order valence-corrected chi connectivity index (χ4v) is 9.06. The Morgan fingerprint density at radius 1 is 1.07 bits per heavy atom. The zero-order valence-electron chi connectivity index (χ0n) is 10.7. The van der Waals surface area contributed by atoms with Crippen LogP contribution in [-0.2, 0) is 4.57 Å². The summed E-state index contributed by atoms with van der Waals surface area (Å²) in [5.41, 5.74) is 0. The van der Waals surface area contributed by atoms with Crippen LogP contribution in [0.5, 0.6) is 0 Å². The third kappa shape index (κ3) is 1.13. The molecule has 0 bridgehead atoms. The van der Waals surface area contributed by atoms with Crippen molar-refractivity contribution in [3.8, 4) is 0 Å². The molecule has 2 aliphatic rings. The molecule has 2 aliphatic heterocycles. The third-order valence-electron chi connectivity index (χ3n) is 5.16. The van der Waals surface area contributed by atoms with Gasteiger partial charge < -0.3 is 4.57 Å². The number of hydrogen-bond donors (Lipinski definition) is 0. The van der Waals surface area contributed by atoms with Gasteiger partial charge in [0, 0.05) is 23.4 Å². The van der Waals surface area contributed by atoms with E-state index in [1.807, 2.05) is 0 Å². The van der Waals surface area contributed by atoms with Gasteiger partial charge in [-0.25, -0.2) is 0 Å². The molecule has 0 spiro atoms. The summed E-state index contributed by atoms with van der Waals surface area (Å²) < 4.78 is 15.6. The summed E-state index contributed by atoms with van der Waals surface area (Å²) in [6.45, 7) is 13.1. The normalized spacial score (nSPS) is 43.9. The van der Waals surface area contributed by atoms with Crippen LogP contribution in [0.1, 0.15) is 47.5 Å². The third-order valence-corrected chi connectivity index (χ3v) is 10.3. The van der Waals surface area contributed by atoms with E-state index in [1.165, 1.54) is 12.8 Å². The highest BCUT2D eigenvalue weighted by atomic mass is 31.2. The van der Waals surface area contributed by atoms with Crippen molar-refractivity contribution in [3.63, 3.8) is 0 Å². The Bertz CT molecular complexity index is 296. The van der Waals surface area contributed by atoms with Crippen LogP contribution in [0.2, 0.25) is 0 Å². The maximum atomic E-state index is 13.3. The lowest BCUT2D eigenvalue weighted by Gasteiger charge is -2.65. The van der Waals surface area contributed by atoms with Crippen molar-refractivity contribution in [2.45, 2.75) is 57.8 Å². The van der Waals surface area contributed by atoms with E-state index >= 15 is 0 Å². The quantitative estimate of drug-likeness (QED) is 0.641. The number of nitrogens with zero attached hydrogens (tertiary/aromatic N) is 1. The molecular formula is C12H24NOP. The molecule has 2 rings (SSSR count). The van der Waals surface area contributed by atoms with E-state index in [1.54, 1.807) is 0 Å². The molecule has 0 aliphatic carbocycles. The van der Waals surface area contributed by atoms with Crippen LogP contribution in [0, 0.1) is 5.92 Å². The second kappa shape index (κ2) is 3.11. The van der Waals surface area contributed by atoms with E-state index < -0.39 is 7.29 Å². The van der Waals surface area contributed by atoms with Gasteiger partial charge in [-0.3, -0.25) is 4.67 Å². The first-order chi connectivity index (χ1) is 6.76. The lowest BCUT2D eigenvalue weighted by molar-refractivity contribution is 0.234. The van der Waals surface area contributed by atoms with Crippen LogP contribution in [-0.4, -0.2) is 28.1 Å². The smallest absolute Gasteiger partial charge is 0.161 e. The largest absolute Gasteiger partial charge is 0.305 e. The highest BCUT2D eigenvalue weighted by Crippen LogP contribution is 2.83. The van der Waals surface area contributed by atoms with Gasteiger partial charge in [0.25, 0.3) is 0 Å². The van der Waals surface area contributed by atoms with Crippen LogP contribution < -0.4 is 0 Å². The second-order valence-corrected chi connectivity index (χ2v) is 10.3. The number of hydrogen-bond acceptors (Lipinski definition) is 1. The summed E-state index contributed by atoms with van der Waals surface area (Å²) in [6, 6.07) is 0. The van der Waals surface area contributed by atoms with Gasteiger partial charge in [0.2, 0.25) is 0 Å². The minimum atomic E-state index is -2.17. The van der Waals surface area contributed by atoms with Crippen molar-refractivity contribution in [3.05, 3.63) is 0 Å². The molecule has 0 unspecified atom stereocenters. The molecular weight excluding hydrogens is 205 g/mol. The molecule has 15 heavy (non-hydrogen) atoms. The van der Waals surface area contributed by atoms with Crippen molar-refractivity contribution in [2.24, 2.45) is 5.92 Å². The van der Waals surface area contributed by atoms with Gasteiger partial charge in [0.05, 0.1) is 0 Å². The van der Waals surface area contributed by atoms with Crippen molar-refractivity contribution >= 4 is 7.29 Å². The van der Waals surface area contributed by atoms with E-state index in [9.17, 15) is 4.57 Å². The minimum Gasteiger partial charge on any atom is -0.305 e. The molecule has 2 fully saturated rings. The maximum absolute atomic E-state index is 13.3. The first-order valence-corrected chi connectivity index (χ1v) is 7.78. The topological polar surface area (TPSA) is 20.3 Å². The zero-order valence-corrected chi connectivity index (χ0v) is 11.6. The summed E-state index contributed by atoms with van der Waals surface area (Å²) in [5.74, 6) is 0.552. The zero-order chi connectivity index (χ0) is 11.5. The summed E-state index contributed by atoms with van der Waals surface area (Å²) in [6.07, 6.45) is 2.45. The molecule has 2 saturated heterocycles. The molecule has 0 aromatic rings. The van der Waals surface area contributed by atoms with E-state index in [-0.39, 0.29) is 10.3 Å². The fourth-order valence-electron chi connectivity index (χ4n) is 3.78. The van der Waals surface area contributed by atoms with Crippen LogP contribution in [0.4, 0.5) is 0 Å². The summed E-state index contributed by atoms with van der Waals surface area (Å²) >= 11 is 0. The van der Waals surface area contributed by atoms with E-state index in [2.05, 4.69) is 39.3 Å². The van der Waals surface area contributed by atoms with Crippen LogP contribution in [0.15, 0.2) is 0 Å². The predicted molar refractivity (Wildman–Crippen MR) is 65.7 cm³/mol. The fraction of sp³-hybridized carbons (Fsp3) is 1.00. The van der Waals surface area contributed by atoms with Gasteiger partial charge in [-0.05, 0) is 18.8 Å². The molecule has 2 nitrogen and oxygen atoms in total. The maximum Gasteiger partial charge on any atom is 0.161 e. The molecule has 88 valence electrons. The molecule has 0 saturated carbocycles. The monoisotopic (exact) mass is 229 g/mol. The first-order valence-electron chi connectivity index (χ1n) is 6.12. The molecule has 0 atom stereocenters. The van der Waals surface area contributed by atoms with E-state index in [4.69, 9.17) is 0 Å². The Labute approximate surface area is 93.8 Å². The SMILES string of the molecule is CC1C(C)(C)P(=O)(N2CCCC2)C1(C)C. The highest BCUT2D eigenvalue weighted by Gasteiger charge is 2.70. The Morgan fingerprint density at radius 3 is 1.87 bits per heavy atom.